The van der Waals surface area contributed by atoms with Gasteiger partial charge in [0.2, 0.25) is 0 Å². The Morgan fingerprint density at radius 2 is 1.78 bits per heavy atom. The molecule has 0 bridgehead atoms. The Labute approximate surface area is 111 Å². The second kappa shape index (κ2) is 4.31. The number of para-hydroxylation sites is 1. The fraction of sp³-hybridized carbons (Fsp3) is 0.0714. The van der Waals surface area contributed by atoms with Gasteiger partial charge in [-0.25, -0.2) is 0 Å². The van der Waals surface area contributed by atoms with Crippen molar-refractivity contribution in [3.8, 4) is 5.75 Å². The average molecular weight is 256 g/mol. The standard InChI is InChI=1S/C14H12N2OS/c1-17-9-6-7-12-13(8-9)15-11-5-3-2-4-10(11)14(18)16-12/h2-8,15H,1H3,(H,16,18). The summed E-state index contributed by atoms with van der Waals surface area (Å²) in [6.07, 6.45) is 0. The molecule has 0 unspecified atom stereocenters. The molecule has 0 aliphatic carbocycles. The van der Waals surface area contributed by atoms with Crippen LogP contribution in [0, 0.1) is 0 Å². The van der Waals surface area contributed by atoms with Crippen molar-refractivity contribution in [3.05, 3.63) is 48.0 Å². The maximum absolute atomic E-state index is 5.40. The third-order valence-electron chi connectivity index (χ3n) is 2.92. The zero-order valence-corrected chi connectivity index (χ0v) is 10.7. The van der Waals surface area contributed by atoms with E-state index in [9.17, 15) is 0 Å². The van der Waals surface area contributed by atoms with Crippen LogP contribution in [0.2, 0.25) is 0 Å². The highest BCUT2D eigenvalue weighted by Crippen LogP contribution is 2.34. The number of hydrogen-bond donors (Lipinski definition) is 2. The number of ether oxygens (including phenoxy) is 1. The third-order valence-corrected chi connectivity index (χ3v) is 3.24. The van der Waals surface area contributed by atoms with Gasteiger partial charge in [-0.2, -0.15) is 0 Å². The molecule has 0 fully saturated rings. The minimum absolute atomic E-state index is 0.724. The molecule has 4 heteroatoms. The van der Waals surface area contributed by atoms with Gasteiger partial charge in [0.25, 0.3) is 0 Å². The molecular weight excluding hydrogens is 244 g/mol. The monoisotopic (exact) mass is 256 g/mol. The van der Waals surface area contributed by atoms with E-state index >= 15 is 0 Å². The van der Waals surface area contributed by atoms with Gasteiger partial charge in [0.05, 0.1) is 18.5 Å². The molecule has 0 saturated heterocycles. The van der Waals surface area contributed by atoms with Gasteiger partial charge in [-0.05, 0) is 24.3 Å². The first-order chi connectivity index (χ1) is 8.78. The maximum atomic E-state index is 5.40. The molecule has 0 spiro atoms. The molecule has 90 valence electrons. The Kier molecular flexibility index (Phi) is 2.64. The summed E-state index contributed by atoms with van der Waals surface area (Å²) in [4.78, 5) is 0.724. The molecular formula is C14H12N2OS. The first-order valence-electron chi connectivity index (χ1n) is 5.63. The van der Waals surface area contributed by atoms with Crippen LogP contribution in [0.1, 0.15) is 5.56 Å². The smallest absolute Gasteiger partial charge is 0.121 e. The molecule has 1 aliphatic heterocycles. The number of fused-ring (bicyclic) bond motifs is 2. The zero-order chi connectivity index (χ0) is 12.5. The lowest BCUT2D eigenvalue weighted by molar-refractivity contribution is 0.415. The van der Waals surface area contributed by atoms with Gasteiger partial charge in [0.15, 0.2) is 0 Å². The summed E-state index contributed by atoms with van der Waals surface area (Å²) in [5, 5.41) is 6.62. The van der Waals surface area contributed by atoms with Crippen LogP contribution in [0.5, 0.6) is 5.75 Å². The van der Waals surface area contributed by atoms with E-state index in [1.54, 1.807) is 7.11 Å². The maximum Gasteiger partial charge on any atom is 0.121 e. The lowest BCUT2D eigenvalue weighted by atomic mass is 10.2. The van der Waals surface area contributed by atoms with Crippen molar-refractivity contribution in [2.45, 2.75) is 0 Å². The number of hydrogen-bond acceptors (Lipinski definition) is 3. The number of rotatable bonds is 1. The van der Waals surface area contributed by atoms with E-state index in [-0.39, 0.29) is 0 Å². The summed E-state index contributed by atoms with van der Waals surface area (Å²) in [6.45, 7) is 0. The fourth-order valence-corrected chi connectivity index (χ4v) is 2.28. The van der Waals surface area contributed by atoms with Gasteiger partial charge < -0.3 is 15.4 Å². The first kappa shape index (κ1) is 11.0. The minimum atomic E-state index is 0.724. The predicted octanol–water partition coefficient (Wildman–Crippen LogP) is 3.54. The van der Waals surface area contributed by atoms with Crippen LogP contribution in [0.25, 0.3) is 0 Å². The highest BCUT2D eigenvalue weighted by molar-refractivity contribution is 7.81. The fourth-order valence-electron chi connectivity index (χ4n) is 1.99. The Morgan fingerprint density at radius 1 is 0.944 bits per heavy atom. The van der Waals surface area contributed by atoms with E-state index in [0.29, 0.717) is 0 Å². The van der Waals surface area contributed by atoms with Crippen molar-refractivity contribution in [2.24, 2.45) is 0 Å². The molecule has 1 aliphatic rings. The van der Waals surface area contributed by atoms with Gasteiger partial charge in [-0.3, -0.25) is 0 Å². The molecule has 0 amide bonds. The van der Waals surface area contributed by atoms with Crippen molar-refractivity contribution in [1.29, 1.82) is 0 Å². The molecule has 0 saturated carbocycles. The van der Waals surface area contributed by atoms with Crippen LogP contribution >= 0.6 is 12.2 Å². The highest BCUT2D eigenvalue weighted by Gasteiger charge is 2.15. The quantitative estimate of drug-likeness (QED) is 0.765. The van der Waals surface area contributed by atoms with E-state index in [4.69, 9.17) is 17.0 Å². The lowest BCUT2D eigenvalue weighted by Crippen LogP contribution is -2.08. The van der Waals surface area contributed by atoms with Gasteiger partial charge in [-0.1, -0.05) is 24.4 Å². The lowest BCUT2D eigenvalue weighted by Gasteiger charge is -2.10. The van der Waals surface area contributed by atoms with Crippen LogP contribution in [0.3, 0.4) is 0 Å². The number of nitrogens with one attached hydrogen (secondary N) is 2. The molecule has 3 rings (SSSR count). The summed E-state index contributed by atoms with van der Waals surface area (Å²) in [5.41, 5.74) is 3.92. The zero-order valence-electron chi connectivity index (χ0n) is 9.86. The molecule has 2 aromatic carbocycles. The normalized spacial score (nSPS) is 12.6. The van der Waals surface area contributed by atoms with Gasteiger partial charge in [0.1, 0.15) is 10.7 Å². The summed E-state index contributed by atoms with van der Waals surface area (Å²) in [5.74, 6) is 0.813. The molecule has 18 heavy (non-hydrogen) atoms. The van der Waals surface area contributed by atoms with Crippen LogP contribution < -0.4 is 15.4 Å². The predicted molar refractivity (Wildman–Crippen MR) is 78.0 cm³/mol. The van der Waals surface area contributed by atoms with Crippen LogP contribution in [0.4, 0.5) is 17.1 Å². The van der Waals surface area contributed by atoms with Gasteiger partial charge >= 0.3 is 0 Å². The largest absolute Gasteiger partial charge is 0.497 e. The first-order valence-corrected chi connectivity index (χ1v) is 6.04. The van der Waals surface area contributed by atoms with E-state index < -0.39 is 0 Å². The summed E-state index contributed by atoms with van der Waals surface area (Å²) >= 11 is 5.40. The summed E-state index contributed by atoms with van der Waals surface area (Å²) in [7, 11) is 1.66. The molecule has 0 radical (unpaired) electrons. The second-order valence-electron chi connectivity index (χ2n) is 4.04. The molecule has 0 aromatic heterocycles. The Morgan fingerprint density at radius 3 is 2.61 bits per heavy atom. The summed E-state index contributed by atoms with van der Waals surface area (Å²) < 4.78 is 5.24. The molecule has 2 aromatic rings. The molecule has 3 nitrogen and oxygen atoms in total. The topological polar surface area (TPSA) is 33.3 Å². The third kappa shape index (κ3) is 1.80. The number of methoxy groups -OCH3 is 1. The Hall–Kier alpha value is -2.07. The Balaban J connectivity index is 2.13. The van der Waals surface area contributed by atoms with Crippen molar-refractivity contribution in [2.75, 3.05) is 17.7 Å². The van der Waals surface area contributed by atoms with Crippen molar-refractivity contribution in [1.82, 2.24) is 0 Å². The molecule has 1 heterocycles. The SMILES string of the molecule is COc1ccc2c(c1)Nc1ccccc1C(=S)N2. The van der Waals surface area contributed by atoms with Gasteiger partial charge in [-0.15, -0.1) is 0 Å². The van der Waals surface area contributed by atoms with E-state index in [1.165, 1.54) is 0 Å². The number of thiocarbonyl (C=S) groups is 1. The second-order valence-corrected chi connectivity index (χ2v) is 4.44. The number of benzene rings is 2. The Bertz CT molecular complexity index is 625. The van der Waals surface area contributed by atoms with Crippen LogP contribution in [-0.4, -0.2) is 12.1 Å². The number of anilines is 3. The van der Waals surface area contributed by atoms with Crippen LogP contribution in [-0.2, 0) is 0 Å². The van der Waals surface area contributed by atoms with Crippen molar-refractivity contribution < 1.29 is 4.74 Å². The van der Waals surface area contributed by atoms with E-state index in [1.807, 2.05) is 42.5 Å². The van der Waals surface area contributed by atoms with Gasteiger partial charge in [0, 0.05) is 17.3 Å². The minimum Gasteiger partial charge on any atom is -0.497 e. The highest BCUT2D eigenvalue weighted by atomic mass is 32.1. The van der Waals surface area contributed by atoms with E-state index in [2.05, 4.69) is 10.6 Å². The molecule has 0 atom stereocenters. The van der Waals surface area contributed by atoms with Crippen molar-refractivity contribution >= 4 is 34.3 Å². The van der Waals surface area contributed by atoms with Crippen molar-refractivity contribution in [3.63, 3.8) is 0 Å². The molecule has 2 N–H and O–H groups in total. The van der Waals surface area contributed by atoms with E-state index in [0.717, 1.165) is 33.4 Å². The van der Waals surface area contributed by atoms with Crippen LogP contribution in [0.15, 0.2) is 42.5 Å². The average Bonchev–Trinajstić information content (AvgIpc) is 2.54. The summed E-state index contributed by atoms with van der Waals surface area (Å²) in [6, 6.07) is 13.8.